The number of sulfone groups is 1. The van der Waals surface area contributed by atoms with Gasteiger partial charge in [-0.25, -0.2) is 8.42 Å². The van der Waals surface area contributed by atoms with Gasteiger partial charge in [0.15, 0.2) is 0 Å². The van der Waals surface area contributed by atoms with Gasteiger partial charge in [-0.05, 0) is 95.8 Å². The molecule has 0 radical (unpaired) electrons. The number of hydrogen-bond acceptors (Lipinski definition) is 4. The van der Waals surface area contributed by atoms with E-state index in [9.17, 15) is 8.42 Å². The van der Waals surface area contributed by atoms with Crippen LogP contribution in [0.4, 0.5) is 11.4 Å². The molecule has 0 atom stereocenters. The van der Waals surface area contributed by atoms with Crippen molar-refractivity contribution in [3.05, 3.63) is 96.1 Å². The van der Waals surface area contributed by atoms with Crippen LogP contribution in [0.2, 0.25) is 0 Å². The van der Waals surface area contributed by atoms with E-state index in [2.05, 4.69) is 0 Å². The Morgan fingerprint density at radius 1 is 0.548 bits per heavy atom. The summed E-state index contributed by atoms with van der Waals surface area (Å²) in [5, 5.41) is 0. The number of rotatable bonds is 4. The lowest BCUT2D eigenvalue weighted by Gasteiger charge is -2.13. The first-order valence-electron chi connectivity index (χ1n) is 9.94. The molecule has 31 heavy (non-hydrogen) atoms. The van der Waals surface area contributed by atoms with Crippen molar-refractivity contribution in [1.82, 2.24) is 0 Å². The van der Waals surface area contributed by atoms with Crippen LogP contribution in [0.15, 0.2) is 94.7 Å². The number of hydrogen-bond donors (Lipinski definition) is 2. The van der Waals surface area contributed by atoms with Gasteiger partial charge >= 0.3 is 0 Å². The molecule has 4 nitrogen and oxygen atoms in total. The van der Waals surface area contributed by atoms with Crippen molar-refractivity contribution in [2.45, 2.75) is 23.6 Å². The number of nitrogen functional groups attached to an aromatic ring is 2. The Hall–Kier alpha value is -3.57. The minimum Gasteiger partial charge on any atom is -0.399 e. The van der Waals surface area contributed by atoms with Gasteiger partial charge in [-0.15, -0.1) is 0 Å². The Balaban J connectivity index is 1.80. The molecule has 0 spiro atoms. The van der Waals surface area contributed by atoms with Gasteiger partial charge in [-0.1, -0.05) is 36.4 Å². The van der Waals surface area contributed by atoms with Crippen molar-refractivity contribution < 1.29 is 8.42 Å². The molecule has 0 aliphatic carbocycles. The summed E-state index contributed by atoms with van der Waals surface area (Å²) in [7, 11) is -3.70. The zero-order valence-electron chi connectivity index (χ0n) is 17.5. The second kappa shape index (κ2) is 7.93. The van der Waals surface area contributed by atoms with Crippen LogP contribution in [-0.4, -0.2) is 8.42 Å². The fraction of sp³-hybridized carbons (Fsp3) is 0.0769. The van der Waals surface area contributed by atoms with Crippen LogP contribution in [-0.2, 0) is 9.84 Å². The predicted octanol–water partition coefficient (Wildman–Crippen LogP) is 5.63. The predicted molar refractivity (Wildman–Crippen MR) is 128 cm³/mol. The second-order valence-corrected chi connectivity index (χ2v) is 9.65. The first kappa shape index (κ1) is 20.7. The Labute approximate surface area is 183 Å². The van der Waals surface area contributed by atoms with Crippen LogP contribution in [0.25, 0.3) is 22.3 Å². The molecule has 4 rings (SSSR count). The topological polar surface area (TPSA) is 86.2 Å². The number of aryl methyl sites for hydroxylation is 2. The van der Waals surface area contributed by atoms with E-state index in [1.165, 1.54) is 0 Å². The maximum atomic E-state index is 13.5. The van der Waals surface area contributed by atoms with Crippen molar-refractivity contribution >= 4 is 21.2 Å². The van der Waals surface area contributed by atoms with Crippen molar-refractivity contribution in [1.29, 1.82) is 0 Å². The van der Waals surface area contributed by atoms with Crippen LogP contribution in [0, 0.1) is 13.8 Å². The lowest BCUT2D eigenvalue weighted by molar-refractivity contribution is 0.596. The standard InChI is InChI=1S/C26H24N2O2S/c1-17-3-13-23(15-25(17)19-5-9-21(27)10-6-19)31(29,30)24-14-4-18(2)26(16-24)20-7-11-22(28)12-8-20/h3-16H,27-28H2,1-2H3. The van der Waals surface area contributed by atoms with E-state index in [1.54, 1.807) is 24.3 Å². The summed E-state index contributed by atoms with van der Waals surface area (Å²) in [5.74, 6) is 0. The minimum absolute atomic E-state index is 0.261. The van der Waals surface area contributed by atoms with E-state index in [0.717, 1.165) is 33.4 Å². The Kier molecular flexibility index (Phi) is 5.29. The molecule has 4 N–H and O–H groups in total. The van der Waals surface area contributed by atoms with Gasteiger partial charge in [0.05, 0.1) is 9.79 Å². The third-order valence-electron chi connectivity index (χ3n) is 5.48. The largest absolute Gasteiger partial charge is 0.399 e. The normalized spacial score (nSPS) is 11.4. The van der Waals surface area contributed by atoms with Crippen LogP contribution in [0.1, 0.15) is 11.1 Å². The summed E-state index contributed by atoms with van der Waals surface area (Å²) in [6.07, 6.45) is 0. The summed E-state index contributed by atoms with van der Waals surface area (Å²) in [6, 6.07) is 25.3. The molecule has 0 heterocycles. The van der Waals surface area contributed by atoms with E-state index in [1.807, 2.05) is 74.5 Å². The van der Waals surface area contributed by atoms with Crippen molar-refractivity contribution in [3.63, 3.8) is 0 Å². The zero-order chi connectivity index (χ0) is 22.2. The Morgan fingerprint density at radius 3 is 1.26 bits per heavy atom. The molecular weight excluding hydrogens is 404 g/mol. The maximum absolute atomic E-state index is 13.5. The van der Waals surface area contributed by atoms with E-state index in [4.69, 9.17) is 11.5 Å². The molecule has 4 aromatic rings. The van der Waals surface area contributed by atoms with Gasteiger partial charge in [0.2, 0.25) is 9.84 Å². The first-order chi connectivity index (χ1) is 14.8. The Bertz CT molecular complexity index is 1260. The molecule has 0 unspecified atom stereocenters. The van der Waals surface area contributed by atoms with E-state index < -0.39 is 9.84 Å². The third-order valence-corrected chi connectivity index (χ3v) is 7.23. The van der Waals surface area contributed by atoms with Crippen LogP contribution in [0.3, 0.4) is 0 Å². The van der Waals surface area contributed by atoms with Gasteiger partial charge in [0.1, 0.15) is 0 Å². The van der Waals surface area contributed by atoms with Gasteiger partial charge in [-0.3, -0.25) is 0 Å². The van der Waals surface area contributed by atoms with Crippen LogP contribution in [0.5, 0.6) is 0 Å². The highest BCUT2D eigenvalue weighted by Crippen LogP contribution is 2.32. The molecular formula is C26H24N2O2S. The summed E-state index contributed by atoms with van der Waals surface area (Å²) < 4.78 is 27.0. The summed E-state index contributed by atoms with van der Waals surface area (Å²) in [4.78, 5) is 0.522. The molecule has 156 valence electrons. The van der Waals surface area contributed by atoms with E-state index in [0.29, 0.717) is 11.4 Å². The van der Waals surface area contributed by atoms with Crippen molar-refractivity contribution in [2.24, 2.45) is 0 Å². The summed E-state index contributed by atoms with van der Waals surface area (Å²) in [6.45, 7) is 3.93. The number of anilines is 2. The van der Waals surface area contributed by atoms with Crippen molar-refractivity contribution in [3.8, 4) is 22.3 Å². The molecule has 0 aliphatic heterocycles. The molecule has 4 aromatic carbocycles. The average molecular weight is 429 g/mol. The highest BCUT2D eigenvalue weighted by Gasteiger charge is 2.20. The monoisotopic (exact) mass is 428 g/mol. The van der Waals surface area contributed by atoms with Crippen LogP contribution < -0.4 is 11.5 Å². The Morgan fingerprint density at radius 2 is 0.903 bits per heavy atom. The summed E-state index contributed by atoms with van der Waals surface area (Å²) >= 11 is 0. The van der Waals surface area contributed by atoms with Gasteiger partial charge in [-0.2, -0.15) is 0 Å². The third kappa shape index (κ3) is 4.05. The minimum atomic E-state index is -3.70. The smallest absolute Gasteiger partial charge is 0.206 e. The molecule has 0 bridgehead atoms. The number of nitrogens with two attached hydrogens (primary N) is 2. The van der Waals surface area contributed by atoms with E-state index >= 15 is 0 Å². The fourth-order valence-electron chi connectivity index (χ4n) is 3.62. The molecule has 0 aromatic heterocycles. The quantitative estimate of drug-likeness (QED) is 0.412. The lowest BCUT2D eigenvalue weighted by Crippen LogP contribution is -2.03. The molecule has 0 fully saturated rings. The lowest BCUT2D eigenvalue weighted by atomic mass is 10.0. The van der Waals surface area contributed by atoms with Crippen molar-refractivity contribution in [2.75, 3.05) is 11.5 Å². The SMILES string of the molecule is Cc1ccc(S(=O)(=O)c2ccc(C)c(-c3ccc(N)cc3)c2)cc1-c1ccc(N)cc1. The van der Waals surface area contributed by atoms with Crippen LogP contribution >= 0.6 is 0 Å². The molecule has 0 saturated heterocycles. The van der Waals surface area contributed by atoms with Gasteiger partial charge in [0.25, 0.3) is 0 Å². The highest BCUT2D eigenvalue weighted by atomic mass is 32.2. The average Bonchev–Trinajstić information content (AvgIpc) is 2.75. The second-order valence-electron chi connectivity index (χ2n) is 7.70. The zero-order valence-corrected chi connectivity index (χ0v) is 18.3. The summed E-state index contributed by atoms with van der Waals surface area (Å²) in [5.41, 5.74) is 18.5. The molecule has 0 saturated carbocycles. The van der Waals surface area contributed by atoms with Gasteiger partial charge in [0, 0.05) is 11.4 Å². The first-order valence-corrected chi connectivity index (χ1v) is 11.4. The fourth-order valence-corrected chi connectivity index (χ4v) is 4.93. The molecule has 5 heteroatoms. The number of benzene rings is 4. The highest BCUT2D eigenvalue weighted by molar-refractivity contribution is 7.91. The maximum Gasteiger partial charge on any atom is 0.206 e. The molecule has 0 aliphatic rings. The van der Waals surface area contributed by atoms with Gasteiger partial charge < -0.3 is 11.5 Å². The molecule has 0 amide bonds. The van der Waals surface area contributed by atoms with E-state index in [-0.39, 0.29) is 9.79 Å².